The van der Waals surface area contributed by atoms with Crippen molar-refractivity contribution in [3.8, 4) is 0 Å². The SMILES string of the molecule is CCOC(=O)Cn1ccnc(N[C@H]2CCC[C@@H]2OCC2CC2)c1=O. The maximum atomic E-state index is 12.5. The van der Waals surface area contributed by atoms with Gasteiger partial charge in [0, 0.05) is 19.0 Å². The minimum Gasteiger partial charge on any atom is -0.465 e. The Morgan fingerprint density at radius 2 is 2.21 bits per heavy atom. The van der Waals surface area contributed by atoms with Crippen LogP contribution in [0.3, 0.4) is 0 Å². The van der Waals surface area contributed by atoms with E-state index < -0.39 is 5.97 Å². The zero-order valence-electron chi connectivity index (χ0n) is 14.1. The van der Waals surface area contributed by atoms with E-state index in [-0.39, 0.29) is 30.1 Å². The smallest absolute Gasteiger partial charge is 0.326 e. The lowest BCUT2D eigenvalue weighted by molar-refractivity contribution is -0.143. The van der Waals surface area contributed by atoms with Gasteiger partial charge in [-0.3, -0.25) is 14.2 Å². The molecule has 0 bridgehead atoms. The molecular formula is C17H25N3O4. The summed E-state index contributed by atoms with van der Waals surface area (Å²) in [4.78, 5) is 28.2. The first-order valence-electron chi connectivity index (χ1n) is 8.76. The summed E-state index contributed by atoms with van der Waals surface area (Å²) in [6.07, 6.45) is 8.74. The molecule has 0 aromatic carbocycles. The zero-order valence-corrected chi connectivity index (χ0v) is 14.1. The number of anilines is 1. The van der Waals surface area contributed by atoms with Gasteiger partial charge in [-0.2, -0.15) is 0 Å². The second-order valence-electron chi connectivity index (χ2n) is 6.51. The van der Waals surface area contributed by atoms with Crippen LogP contribution in [-0.2, 0) is 20.8 Å². The van der Waals surface area contributed by atoms with E-state index in [0.717, 1.165) is 31.8 Å². The van der Waals surface area contributed by atoms with Gasteiger partial charge < -0.3 is 14.8 Å². The predicted molar refractivity (Wildman–Crippen MR) is 88.9 cm³/mol. The summed E-state index contributed by atoms with van der Waals surface area (Å²) in [6, 6.07) is 0.0994. The third kappa shape index (κ3) is 4.35. The number of nitrogens with one attached hydrogen (secondary N) is 1. The van der Waals surface area contributed by atoms with E-state index in [1.165, 1.54) is 29.8 Å². The van der Waals surface area contributed by atoms with E-state index in [1.807, 2.05) is 0 Å². The molecule has 1 heterocycles. The fourth-order valence-corrected chi connectivity index (χ4v) is 3.03. The average molecular weight is 335 g/mol. The Morgan fingerprint density at radius 1 is 1.38 bits per heavy atom. The van der Waals surface area contributed by atoms with E-state index in [4.69, 9.17) is 9.47 Å². The van der Waals surface area contributed by atoms with Crippen LogP contribution < -0.4 is 10.9 Å². The van der Waals surface area contributed by atoms with Crippen LogP contribution in [0.25, 0.3) is 0 Å². The number of rotatable bonds is 8. The molecule has 2 aliphatic rings. The molecule has 1 aromatic rings. The second-order valence-corrected chi connectivity index (χ2v) is 6.51. The van der Waals surface area contributed by atoms with Gasteiger partial charge in [0.15, 0.2) is 5.82 Å². The van der Waals surface area contributed by atoms with E-state index in [9.17, 15) is 9.59 Å². The molecule has 0 spiro atoms. The summed E-state index contributed by atoms with van der Waals surface area (Å²) >= 11 is 0. The number of carbonyl (C=O) groups is 1. The summed E-state index contributed by atoms with van der Waals surface area (Å²) in [5, 5.41) is 3.23. The highest BCUT2D eigenvalue weighted by atomic mass is 16.5. The van der Waals surface area contributed by atoms with Crippen molar-refractivity contribution in [2.24, 2.45) is 5.92 Å². The topological polar surface area (TPSA) is 82.5 Å². The van der Waals surface area contributed by atoms with Crippen molar-refractivity contribution in [1.29, 1.82) is 0 Å². The Hall–Kier alpha value is -1.89. The van der Waals surface area contributed by atoms with Crippen molar-refractivity contribution in [3.63, 3.8) is 0 Å². The maximum absolute atomic E-state index is 12.5. The van der Waals surface area contributed by atoms with Crippen LogP contribution in [0, 0.1) is 5.92 Å². The zero-order chi connectivity index (χ0) is 16.9. The number of esters is 1. The largest absolute Gasteiger partial charge is 0.465 e. The van der Waals surface area contributed by atoms with Crippen LogP contribution >= 0.6 is 0 Å². The first kappa shape index (κ1) is 17.0. The first-order valence-corrected chi connectivity index (χ1v) is 8.76. The van der Waals surface area contributed by atoms with Crippen LogP contribution in [0.5, 0.6) is 0 Å². The Bertz CT molecular complexity index is 627. The van der Waals surface area contributed by atoms with Gasteiger partial charge in [0.1, 0.15) is 6.54 Å². The molecule has 7 heteroatoms. The van der Waals surface area contributed by atoms with Crippen molar-refractivity contribution in [1.82, 2.24) is 9.55 Å². The quantitative estimate of drug-likeness (QED) is 0.726. The summed E-state index contributed by atoms with van der Waals surface area (Å²) in [6.45, 7) is 2.75. The molecule has 0 radical (unpaired) electrons. The van der Waals surface area contributed by atoms with Gasteiger partial charge in [0.05, 0.1) is 18.8 Å². The fraction of sp³-hybridized carbons (Fsp3) is 0.706. The van der Waals surface area contributed by atoms with Gasteiger partial charge in [-0.15, -0.1) is 0 Å². The number of aromatic nitrogens is 2. The lowest BCUT2D eigenvalue weighted by Crippen LogP contribution is -2.36. The molecule has 0 amide bonds. The molecule has 0 aliphatic heterocycles. The molecule has 0 unspecified atom stereocenters. The van der Waals surface area contributed by atoms with Crippen molar-refractivity contribution < 1.29 is 14.3 Å². The Morgan fingerprint density at radius 3 is 2.96 bits per heavy atom. The average Bonchev–Trinajstić information content (AvgIpc) is 3.29. The molecule has 132 valence electrons. The molecule has 24 heavy (non-hydrogen) atoms. The highest BCUT2D eigenvalue weighted by Crippen LogP contribution is 2.31. The fourth-order valence-electron chi connectivity index (χ4n) is 3.03. The number of nitrogens with zero attached hydrogens (tertiary/aromatic N) is 2. The van der Waals surface area contributed by atoms with Crippen LogP contribution in [0.4, 0.5) is 5.82 Å². The summed E-state index contributed by atoms with van der Waals surface area (Å²) in [5.41, 5.74) is -0.307. The van der Waals surface area contributed by atoms with E-state index in [0.29, 0.717) is 6.61 Å². The van der Waals surface area contributed by atoms with E-state index in [2.05, 4.69) is 10.3 Å². The van der Waals surface area contributed by atoms with Crippen molar-refractivity contribution in [2.45, 2.75) is 57.7 Å². The molecule has 1 aromatic heterocycles. The number of ether oxygens (including phenoxy) is 2. The summed E-state index contributed by atoms with van der Waals surface area (Å²) in [7, 11) is 0. The lowest BCUT2D eigenvalue weighted by atomic mass is 10.2. The van der Waals surface area contributed by atoms with Crippen LogP contribution in [0.2, 0.25) is 0 Å². The second kappa shape index (κ2) is 7.79. The van der Waals surface area contributed by atoms with Gasteiger partial charge >= 0.3 is 5.97 Å². The standard InChI is InChI=1S/C17H25N3O4/c1-2-23-15(21)10-20-9-8-18-16(17(20)22)19-13-4-3-5-14(13)24-11-12-6-7-12/h8-9,12-14H,2-7,10-11H2,1H3,(H,18,19)/t13-,14-/m0/s1. The molecule has 7 nitrogen and oxygen atoms in total. The maximum Gasteiger partial charge on any atom is 0.326 e. The molecule has 1 N–H and O–H groups in total. The van der Waals surface area contributed by atoms with Gasteiger partial charge in [-0.05, 0) is 44.9 Å². The van der Waals surface area contributed by atoms with Gasteiger partial charge in [-0.25, -0.2) is 4.98 Å². The van der Waals surface area contributed by atoms with Crippen LogP contribution in [0.15, 0.2) is 17.2 Å². The van der Waals surface area contributed by atoms with Gasteiger partial charge in [0.2, 0.25) is 0 Å². The molecule has 3 rings (SSSR count). The van der Waals surface area contributed by atoms with E-state index in [1.54, 1.807) is 6.92 Å². The van der Waals surface area contributed by atoms with Crippen molar-refractivity contribution in [3.05, 3.63) is 22.7 Å². The van der Waals surface area contributed by atoms with E-state index >= 15 is 0 Å². The highest BCUT2D eigenvalue weighted by molar-refractivity contribution is 5.69. The number of hydrogen-bond donors (Lipinski definition) is 1. The molecule has 0 saturated heterocycles. The Labute approximate surface area is 141 Å². The minimum absolute atomic E-state index is 0.0994. The normalized spacial score (nSPS) is 23.2. The third-order valence-corrected chi connectivity index (χ3v) is 4.54. The van der Waals surface area contributed by atoms with Crippen molar-refractivity contribution in [2.75, 3.05) is 18.5 Å². The highest BCUT2D eigenvalue weighted by Gasteiger charge is 2.31. The Balaban J connectivity index is 1.63. The summed E-state index contributed by atoms with van der Waals surface area (Å²) in [5.74, 6) is 0.569. The molecule has 2 fully saturated rings. The van der Waals surface area contributed by atoms with Crippen LogP contribution in [0.1, 0.15) is 39.0 Å². The first-order chi connectivity index (χ1) is 11.7. The monoisotopic (exact) mass is 335 g/mol. The number of carbonyl (C=O) groups excluding carboxylic acids is 1. The molecule has 2 aliphatic carbocycles. The Kier molecular flexibility index (Phi) is 5.50. The van der Waals surface area contributed by atoms with Crippen LogP contribution in [-0.4, -0.2) is 40.9 Å². The van der Waals surface area contributed by atoms with Gasteiger partial charge in [0.25, 0.3) is 5.56 Å². The summed E-state index contributed by atoms with van der Waals surface area (Å²) < 4.78 is 12.2. The number of hydrogen-bond acceptors (Lipinski definition) is 6. The molecule has 2 saturated carbocycles. The van der Waals surface area contributed by atoms with Crippen molar-refractivity contribution >= 4 is 11.8 Å². The molecule has 2 atom stereocenters. The predicted octanol–water partition coefficient (Wildman–Crippen LogP) is 1.57. The third-order valence-electron chi connectivity index (χ3n) is 4.54. The lowest BCUT2D eigenvalue weighted by Gasteiger charge is -2.22. The molecular weight excluding hydrogens is 310 g/mol. The minimum atomic E-state index is -0.428. The van der Waals surface area contributed by atoms with Gasteiger partial charge in [-0.1, -0.05) is 0 Å².